The summed E-state index contributed by atoms with van der Waals surface area (Å²) in [6.07, 6.45) is 1.59. The molecule has 0 fully saturated rings. The summed E-state index contributed by atoms with van der Waals surface area (Å²) in [5, 5.41) is 2.62. The molecule has 6 heteroatoms. The van der Waals surface area contributed by atoms with Gasteiger partial charge < -0.3 is 10.1 Å². The third kappa shape index (κ3) is 4.68. The zero-order valence-corrected chi connectivity index (χ0v) is 12.9. The smallest absolute Gasteiger partial charge is 0.263 e. The molecule has 21 heavy (non-hydrogen) atoms. The van der Waals surface area contributed by atoms with Crippen molar-refractivity contribution in [3.05, 3.63) is 52.6 Å². The van der Waals surface area contributed by atoms with Crippen molar-refractivity contribution in [1.29, 1.82) is 0 Å². The fraction of sp³-hybridized carbons (Fsp3) is 0.133. The van der Waals surface area contributed by atoms with E-state index < -0.39 is 0 Å². The molecule has 5 nitrogen and oxygen atoms in total. The van der Waals surface area contributed by atoms with E-state index in [0.717, 1.165) is 4.47 Å². The van der Waals surface area contributed by atoms with E-state index in [2.05, 4.69) is 26.2 Å². The lowest BCUT2D eigenvalue weighted by Crippen LogP contribution is -2.20. The number of carbonyl (C=O) groups is 2. The number of benzene rings is 1. The molecule has 0 unspecified atom stereocenters. The maximum atomic E-state index is 11.7. The molecule has 0 spiro atoms. The Kier molecular flexibility index (Phi) is 5.05. The first-order valence-electron chi connectivity index (χ1n) is 6.20. The summed E-state index contributed by atoms with van der Waals surface area (Å²) in [6, 6.07) is 10.1. The fourth-order valence-electron chi connectivity index (χ4n) is 1.56. The molecular formula is C15H13BrN2O3. The highest BCUT2D eigenvalue weighted by Gasteiger charge is 2.05. The van der Waals surface area contributed by atoms with Crippen molar-refractivity contribution < 1.29 is 14.3 Å². The standard InChI is InChI=1S/C15H13BrN2O3/c1-10(19)11-2-5-13(6-3-11)21-9-15(20)18-14-7-4-12(16)8-17-14/h2-8H,9H2,1H3,(H,17,18,20). The van der Waals surface area contributed by atoms with E-state index in [4.69, 9.17) is 4.74 Å². The Morgan fingerprint density at radius 1 is 1.19 bits per heavy atom. The third-order valence-corrected chi connectivity index (χ3v) is 3.09. The van der Waals surface area contributed by atoms with Crippen LogP contribution in [0.3, 0.4) is 0 Å². The summed E-state index contributed by atoms with van der Waals surface area (Å²) in [5.74, 6) is 0.665. The molecule has 2 aromatic rings. The van der Waals surface area contributed by atoms with Gasteiger partial charge in [-0.3, -0.25) is 9.59 Å². The van der Waals surface area contributed by atoms with Crippen LogP contribution in [-0.4, -0.2) is 23.3 Å². The third-order valence-electron chi connectivity index (χ3n) is 2.63. The molecule has 0 aliphatic rings. The van der Waals surface area contributed by atoms with Crippen LogP contribution in [0.2, 0.25) is 0 Å². The second-order valence-corrected chi connectivity index (χ2v) is 5.19. The maximum Gasteiger partial charge on any atom is 0.263 e. The van der Waals surface area contributed by atoms with Gasteiger partial charge in [0.05, 0.1) is 0 Å². The molecule has 0 bridgehead atoms. The van der Waals surface area contributed by atoms with Crippen LogP contribution in [0.15, 0.2) is 47.1 Å². The number of hydrogen-bond acceptors (Lipinski definition) is 4. The first kappa shape index (κ1) is 15.2. The highest BCUT2D eigenvalue weighted by Crippen LogP contribution is 2.13. The number of anilines is 1. The minimum atomic E-state index is -0.305. The Balaban J connectivity index is 1.86. The molecular weight excluding hydrogens is 336 g/mol. The van der Waals surface area contributed by atoms with Gasteiger partial charge in [-0.25, -0.2) is 4.98 Å². The Bertz CT molecular complexity index is 639. The summed E-state index contributed by atoms with van der Waals surface area (Å²) >= 11 is 3.27. The highest BCUT2D eigenvalue weighted by molar-refractivity contribution is 9.10. The minimum absolute atomic E-state index is 0.0133. The number of aromatic nitrogens is 1. The van der Waals surface area contributed by atoms with Crippen LogP contribution in [0.25, 0.3) is 0 Å². The van der Waals surface area contributed by atoms with Gasteiger partial charge in [0.25, 0.3) is 5.91 Å². The van der Waals surface area contributed by atoms with Crippen LogP contribution in [0.1, 0.15) is 17.3 Å². The van der Waals surface area contributed by atoms with Crippen LogP contribution in [0.4, 0.5) is 5.82 Å². The van der Waals surface area contributed by atoms with Gasteiger partial charge in [0, 0.05) is 16.2 Å². The SMILES string of the molecule is CC(=O)c1ccc(OCC(=O)Nc2ccc(Br)cn2)cc1. The molecule has 1 amide bonds. The van der Waals surface area contributed by atoms with Gasteiger partial charge in [0.15, 0.2) is 12.4 Å². The zero-order chi connectivity index (χ0) is 15.2. The first-order chi connectivity index (χ1) is 10.0. The predicted molar refractivity (Wildman–Crippen MR) is 82.5 cm³/mol. The van der Waals surface area contributed by atoms with Crippen molar-refractivity contribution >= 4 is 33.4 Å². The van der Waals surface area contributed by atoms with Gasteiger partial charge in [-0.2, -0.15) is 0 Å². The Labute approximate surface area is 130 Å². The fourth-order valence-corrected chi connectivity index (χ4v) is 1.80. The average molecular weight is 349 g/mol. The van der Waals surface area contributed by atoms with E-state index in [0.29, 0.717) is 17.1 Å². The van der Waals surface area contributed by atoms with Crippen molar-refractivity contribution in [3.63, 3.8) is 0 Å². The summed E-state index contributed by atoms with van der Waals surface area (Å²) in [5.41, 5.74) is 0.603. The van der Waals surface area contributed by atoms with Crippen LogP contribution >= 0.6 is 15.9 Å². The number of carbonyl (C=O) groups excluding carboxylic acids is 2. The molecule has 0 aliphatic carbocycles. The summed E-state index contributed by atoms with van der Waals surface area (Å²) < 4.78 is 6.17. The number of hydrogen-bond donors (Lipinski definition) is 1. The van der Waals surface area contributed by atoms with E-state index in [1.165, 1.54) is 6.92 Å². The van der Waals surface area contributed by atoms with Gasteiger partial charge in [-0.15, -0.1) is 0 Å². The van der Waals surface area contributed by atoms with Gasteiger partial charge >= 0.3 is 0 Å². The summed E-state index contributed by atoms with van der Waals surface area (Å²) in [4.78, 5) is 26.9. The number of ether oxygens (including phenoxy) is 1. The van der Waals surface area contributed by atoms with Gasteiger partial charge in [-0.1, -0.05) is 0 Å². The van der Waals surface area contributed by atoms with Crippen LogP contribution in [0.5, 0.6) is 5.75 Å². The average Bonchev–Trinajstić information content (AvgIpc) is 2.48. The molecule has 0 atom stereocenters. The van der Waals surface area contributed by atoms with Crippen molar-refractivity contribution in [3.8, 4) is 5.75 Å². The second kappa shape index (κ2) is 6.99. The lowest BCUT2D eigenvalue weighted by Gasteiger charge is -2.07. The molecule has 0 saturated heterocycles. The molecule has 1 aromatic heterocycles. The van der Waals surface area contributed by atoms with Crippen molar-refractivity contribution in [1.82, 2.24) is 4.98 Å². The predicted octanol–water partition coefficient (Wildman–Crippen LogP) is 3.06. The molecule has 1 N–H and O–H groups in total. The number of nitrogens with one attached hydrogen (secondary N) is 1. The van der Waals surface area contributed by atoms with Crippen LogP contribution in [0, 0.1) is 0 Å². The van der Waals surface area contributed by atoms with E-state index in [1.54, 1.807) is 42.6 Å². The van der Waals surface area contributed by atoms with Gasteiger partial charge in [-0.05, 0) is 59.3 Å². The first-order valence-corrected chi connectivity index (χ1v) is 6.99. The summed E-state index contributed by atoms with van der Waals surface area (Å²) in [7, 11) is 0. The van der Waals surface area contributed by atoms with Crippen molar-refractivity contribution in [2.75, 3.05) is 11.9 Å². The Morgan fingerprint density at radius 3 is 2.48 bits per heavy atom. The number of pyridine rings is 1. The van der Waals surface area contributed by atoms with E-state index in [1.807, 2.05) is 0 Å². The maximum absolute atomic E-state index is 11.7. The molecule has 0 radical (unpaired) electrons. The van der Waals surface area contributed by atoms with Crippen molar-refractivity contribution in [2.24, 2.45) is 0 Å². The summed E-state index contributed by atoms with van der Waals surface area (Å²) in [6.45, 7) is 1.37. The number of rotatable bonds is 5. The number of ketones is 1. The lowest BCUT2D eigenvalue weighted by molar-refractivity contribution is -0.118. The van der Waals surface area contributed by atoms with E-state index >= 15 is 0 Å². The van der Waals surface area contributed by atoms with E-state index in [-0.39, 0.29) is 18.3 Å². The number of Topliss-reactive ketones (excluding diaryl/α,β-unsaturated/α-hetero) is 1. The van der Waals surface area contributed by atoms with Gasteiger partial charge in [0.1, 0.15) is 11.6 Å². The van der Waals surface area contributed by atoms with Crippen LogP contribution in [-0.2, 0) is 4.79 Å². The normalized spacial score (nSPS) is 10.0. The monoisotopic (exact) mass is 348 g/mol. The zero-order valence-electron chi connectivity index (χ0n) is 11.3. The molecule has 0 aliphatic heterocycles. The molecule has 0 saturated carbocycles. The topological polar surface area (TPSA) is 68.3 Å². The number of halogens is 1. The largest absolute Gasteiger partial charge is 0.484 e. The van der Waals surface area contributed by atoms with Crippen molar-refractivity contribution in [2.45, 2.75) is 6.92 Å². The lowest BCUT2D eigenvalue weighted by atomic mass is 10.1. The molecule has 1 heterocycles. The van der Waals surface area contributed by atoms with Gasteiger partial charge in [0.2, 0.25) is 0 Å². The Hall–Kier alpha value is -2.21. The Morgan fingerprint density at radius 2 is 1.90 bits per heavy atom. The quantitative estimate of drug-likeness (QED) is 0.843. The highest BCUT2D eigenvalue weighted by atomic mass is 79.9. The second-order valence-electron chi connectivity index (χ2n) is 4.28. The number of amides is 1. The van der Waals surface area contributed by atoms with E-state index in [9.17, 15) is 9.59 Å². The molecule has 108 valence electrons. The molecule has 1 aromatic carbocycles. The van der Waals surface area contributed by atoms with Crippen LogP contribution < -0.4 is 10.1 Å². The number of nitrogens with zero attached hydrogens (tertiary/aromatic N) is 1. The molecule has 2 rings (SSSR count). The minimum Gasteiger partial charge on any atom is -0.484 e.